The summed E-state index contributed by atoms with van der Waals surface area (Å²) in [6.07, 6.45) is 5.67. The summed E-state index contributed by atoms with van der Waals surface area (Å²) in [6.45, 7) is 5.90. The number of rotatable bonds is 6. The molecule has 0 saturated carbocycles. The summed E-state index contributed by atoms with van der Waals surface area (Å²) in [6, 6.07) is 19.1. The Kier molecular flexibility index (Phi) is 8.92. The van der Waals surface area contributed by atoms with Crippen molar-refractivity contribution in [3.8, 4) is 17.5 Å². The zero-order chi connectivity index (χ0) is 29.4. The maximum absolute atomic E-state index is 13.4. The summed E-state index contributed by atoms with van der Waals surface area (Å²) >= 11 is 0. The Labute approximate surface area is 236 Å². The standard InChI is InChI=1S/C24H22N2O2.C7H7N5O/c1-3-20-17-19-13-10-12-18(11-8-9-16-25-22(27)4-2)23(19)24(28)26(20)21-14-6-5-7-15-21;8-5-4(6(9)13)7-10-2-1-3-12(7)11-5/h4-7,10,12-15,17H,2-3,9,16H2,1H3,(H,25,27);1-3H,(H2,8,11)(H2,9,13). The highest BCUT2D eigenvalue weighted by Crippen LogP contribution is 2.19. The van der Waals surface area contributed by atoms with E-state index in [9.17, 15) is 14.4 Å². The van der Waals surface area contributed by atoms with E-state index in [0.29, 0.717) is 29.6 Å². The van der Waals surface area contributed by atoms with Gasteiger partial charge in [0, 0.05) is 42.3 Å². The second kappa shape index (κ2) is 12.9. The minimum Gasteiger partial charge on any atom is -0.381 e. The van der Waals surface area contributed by atoms with Crippen molar-refractivity contribution in [2.75, 3.05) is 12.3 Å². The number of primary amides is 1. The van der Waals surface area contributed by atoms with Crippen molar-refractivity contribution in [3.05, 3.63) is 113 Å². The van der Waals surface area contributed by atoms with Gasteiger partial charge in [-0.1, -0.05) is 55.7 Å². The van der Waals surface area contributed by atoms with Crippen molar-refractivity contribution < 1.29 is 9.59 Å². The second-order valence-corrected chi connectivity index (χ2v) is 8.79. The minimum atomic E-state index is -0.619. The topological polar surface area (TPSA) is 150 Å². The van der Waals surface area contributed by atoms with Gasteiger partial charge in [-0.05, 0) is 48.2 Å². The fraction of sp³-hybridized carbons (Fsp3) is 0.129. The van der Waals surface area contributed by atoms with Gasteiger partial charge in [0.2, 0.25) is 5.91 Å². The van der Waals surface area contributed by atoms with Gasteiger partial charge in [-0.25, -0.2) is 9.50 Å². The number of hydrogen-bond acceptors (Lipinski definition) is 6. The summed E-state index contributed by atoms with van der Waals surface area (Å²) in [5, 5.41) is 8.06. The molecule has 3 aromatic heterocycles. The molecule has 10 nitrogen and oxygen atoms in total. The highest BCUT2D eigenvalue weighted by atomic mass is 16.2. The highest BCUT2D eigenvalue weighted by Gasteiger charge is 2.15. The van der Waals surface area contributed by atoms with Crippen LogP contribution in [0.1, 0.15) is 35.0 Å². The maximum atomic E-state index is 13.4. The Hall–Kier alpha value is -5.69. The SMILES string of the molecule is C=CC(=O)NCCC#Cc1cccc2cc(CC)n(-c3ccccc3)c(=O)c12.NC(=O)c1c(N)nn2cccnc12. The Morgan fingerprint density at radius 3 is 2.61 bits per heavy atom. The fourth-order valence-electron chi connectivity index (χ4n) is 4.26. The number of pyridine rings is 1. The van der Waals surface area contributed by atoms with Crippen LogP contribution in [0.4, 0.5) is 5.82 Å². The zero-order valence-corrected chi connectivity index (χ0v) is 22.5. The van der Waals surface area contributed by atoms with Gasteiger partial charge in [-0.15, -0.1) is 5.10 Å². The van der Waals surface area contributed by atoms with Crippen LogP contribution in [0.2, 0.25) is 0 Å². The number of para-hydroxylation sites is 1. The monoisotopic (exact) mass is 547 g/mol. The molecule has 206 valence electrons. The van der Waals surface area contributed by atoms with Crippen LogP contribution >= 0.6 is 0 Å². The number of nitrogens with two attached hydrogens (primary N) is 2. The fourth-order valence-corrected chi connectivity index (χ4v) is 4.26. The molecule has 0 bridgehead atoms. The van der Waals surface area contributed by atoms with Crippen molar-refractivity contribution in [3.63, 3.8) is 0 Å². The van der Waals surface area contributed by atoms with Crippen molar-refractivity contribution in [1.29, 1.82) is 0 Å². The lowest BCUT2D eigenvalue weighted by atomic mass is 10.0. The molecule has 5 N–H and O–H groups in total. The number of carbonyl (C=O) groups is 2. The van der Waals surface area contributed by atoms with Crippen LogP contribution in [-0.4, -0.2) is 37.5 Å². The molecule has 0 spiro atoms. The van der Waals surface area contributed by atoms with Gasteiger partial charge in [0.25, 0.3) is 11.5 Å². The van der Waals surface area contributed by atoms with Gasteiger partial charge in [-0.2, -0.15) is 0 Å². The summed E-state index contributed by atoms with van der Waals surface area (Å²) in [4.78, 5) is 39.4. The first kappa shape index (κ1) is 28.3. The number of benzene rings is 2. The summed E-state index contributed by atoms with van der Waals surface area (Å²) in [7, 11) is 0. The van der Waals surface area contributed by atoms with E-state index in [1.54, 1.807) is 23.0 Å². The lowest BCUT2D eigenvalue weighted by Gasteiger charge is -2.14. The molecule has 0 unspecified atom stereocenters. The summed E-state index contributed by atoms with van der Waals surface area (Å²) in [5.74, 6) is 5.40. The number of nitrogens with zero attached hydrogens (tertiary/aromatic N) is 4. The third-order valence-corrected chi connectivity index (χ3v) is 6.13. The normalized spacial score (nSPS) is 10.3. The first-order valence-corrected chi connectivity index (χ1v) is 12.9. The molecule has 3 heterocycles. The number of aryl methyl sites for hydroxylation is 1. The van der Waals surface area contributed by atoms with E-state index in [4.69, 9.17) is 11.5 Å². The third-order valence-electron chi connectivity index (χ3n) is 6.13. The number of anilines is 1. The third kappa shape index (κ3) is 6.32. The van der Waals surface area contributed by atoms with E-state index in [-0.39, 0.29) is 22.8 Å². The quantitative estimate of drug-likeness (QED) is 0.169. The average molecular weight is 548 g/mol. The lowest BCUT2D eigenvalue weighted by molar-refractivity contribution is -0.116. The number of hydrogen-bond donors (Lipinski definition) is 3. The maximum Gasteiger partial charge on any atom is 0.264 e. The van der Waals surface area contributed by atoms with Gasteiger partial charge in [0.05, 0.1) is 5.39 Å². The number of amides is 2. The summed E-state index contributed by atoms with van der Waals surface area (Å²) < 4.78 is 3.17. The van der Waals surface area contributed by atoms with Crippen molar-refractivity contribution >= 4 is 34.1 Å². The predicted molar refractivity (Wildman–Crippen MR) is 160 cm³/mol. The minimum absolute atomic E-state index is 0.0644. The number of carbonyl (C=O) groups excluding carboxylic acids is 2. The molecule has 10 heteroatoms. The highest BCUT2D eigenvalue weighted by molar-refractivity contribution is 6.03. The smallest absolute Gasteiger partial charge is 0.264 e. The van der Waals surface area contributed by atoms with Crippen LogP contribution in [0.25, 0.3) is 22.1 Å². The molecular formula is C31H29N7O3. The van der Waals surface area contributed by atoms with Crippen LogP contribution in [0.3, 0.4) is 0 Å². The average Bonchev–Trinajstić information content (AvgIpc) is 3.33. The molecule has 0 radical (unpaired) electrons. The van der Waals surface area contributed by atoms with Crippen LogP contribution < -0.4 is 22.3 Å². The van der Waals surface area contributed by atoms with E-state index in [0.717, 1.165) is 23.2 Å². The molecule has 0 atom stereocenters. The van der Waals surface area contributed by atoms with Crippen LogP contribution in [0.5, 0.6) is 0 Å². The molecule has 0 saturated heterocycles. The van der Waals surface area contributed by atoms with E-state index in [2.05, 4.69) is 39.9 Å². The molecule has 0 aliphatic carbocycles. The predicted octanol–water partition coefficient (Wildman–Crippen LogP) is 3.01. The molecule has 2 aromatic carbocycles. The van der Waals surface area contributed by atoms with Crippen molar-refractivity contribution in [1.82, 2.24) is 24.5 Å². The van der Waals surface area contributed by atoms with E-state index in [1.807, 2.05) is 55.5 Å². The van der Waals surface area contributed by atoms with Gasteiger partial charge in [0.1, 0.15) is 5.56 Å². The first-order chi connectivity index (χ1) is 19.8. The summed E-state index contributed by atoms with van der Waals surface area (Å²) in [5.41, 5.74) is 13.6. The molecule has 2 amide bonds. The van der Waals surface area contributed by atoms with Crippen molar-refractivity contribution in [2.24, 2.45) is 5.73 Å². The number of nitrogens with one attached hydrogen (secondary N) is 1. The number of fused-ring (bicyclic) bond motifs is 2. The largest absolute Gasteiger partial charge is 0.381 e. The lowest BCUT2D eigenvalue weighted by Crippen LogP contribution is -2.22. The molecule has 0 aliphatic rings. The number of nitrogen functional groups attached to an aromatic ring is 1. The van der Waals surface area contributed by atoms with E-state index < -0.39 is 5.91 Å². The number of aromatic nitrogens is 4. The molecule has 5 rings (SSSR count). The van der Waals surface area contributed by atoms with Crippen molar-refractivity contribution in [2.45, 2.75) is 19.8 Å². The van der Waals surface area contributed by atoms with Crippen LogP contribution in [0.15, 0.2) is 90.5 Å². The molecule has 5 aromatic rings. The Bertz CT molecular complexity index is 1860. The van der Waals surface area contributed by atoms with Gasteiger partial charge >= 0.3 is 0 Å². The van der Waals surface area contributed by atoms with Crippen LogP contribution in [0, 0.1) is 11.8 Å². The van der Waals surface area contributed by atoms with Gasteiger partial charge in [-0.3, -0.25) is 19.0 Å². The Morgan fingerprint density at radius 1 is 1.12 bits per heavy atom. The zero-order valence-electron chi connectivity index (χ0n) is 22.5. The first-order valence-electron chi connectivity index (χ1n) is 12.9. The second-order valence-electron chi connectivity index (χ2n) is 8.79. The van der Waals surface area contributed by atoms with E-state index >= 15 is 0 Å². The Balaban J connectivity index is 0.000000247. The van der Waals surface area contributed by atoms with E-state index in [1.165, 1.54) is 10.6 Å². The molecule has 41 heavy (non-hydrogen) atoms. The molecule has 0 aliphatic heterocycles. The molecular weight excluding hydrogens is 518 g/mol. The Morgan fingerprint density at radius 2 is 1.90 bits per heavy atom. The molecule has 0 fully saturated rings. The van der Waals surface area contributed by atoms with Gasteiger partial charge in [0.15, 0.2) is 11.5 Å². The van der Waals surface area contributed by atoms with Gasteiger partial charge < -0.3 is 16.8 Å². The van der Waals surface area contributed by atoms with Crippen LogP contribution in [-0.2, 0) is 11.2 Å².